The van der Waals surface area contributed by atoms with Crippen LogP contribution in [0, 0.1) is 11.3 Å². The van der Waals surface area contributed by atoms with Gasteiger partial charge in [-0.15, -0.1) is 0 Å². The van der Waals surface area contributed by atoms with Crippen LogP contribution in [-0.2, 0) is 6.42 Å². The van der Waals surface area contributed by atoms with E-state index in [0.29, 0.717) is 6.42 Å². The van der Waals surface area contributed by atoms with E-state index in [0.717, 1.165) is 21.1 Å². The lowest BCUT2D eigenvalue weighted by atomic mass is 10.1. The summed E-state index contributed by atoms with van der Waals surface area (Å²) in [4.78, 5) is 7.16. The van der Waals surface area contributed by atoms with Crippen molar-refractivity contribution in [1.29, 1.82) is 5.26 Å². The maximum atomic E-state index is 8.60. The number of aromatic nitrogens is 2. The lowest BCUT2D eigenvalue weighted by molar-refractivity contribution is 1.26. The minimum atomic E-state index is 0.390. The van der Waals surface area contributed by atoms with Crippen molar-refractivity contribution < 1.29 is 0 Å². The van der Waals surface area contributed by atoms with Crippen molar-refractivity contribution in [2.24, 2.45) is 0 Å². The Labute approximate surface area is 83.5 Å². The fourth-order valence-corrected chi connectivity index (χ4v) is 1.81. The van der Waals surface area contributed by atoms with E-state index in [1.165, 1.54) is 0 Å². The third-order valence-corrected chi connectivity index (χ3v) is 2.29. The van der Waals surface area contributed by atoms with E-state index in [1.54, 1.807) is 6.33 Å². The molecule has 0 aliphatic carbocycles. The number of hydrogen-bond acceptors (Lipinski definition) is 2. The van der Waals surface area contributed by atoms with E-state index in [-0.39, 0.29) is 0 Å². The maximum absolute atomic E-state index is 8.60. The summed E-state index contributed by atoms with van der Waals surface area (Å²) in [5.41, 5.74) is 2.79. The van der Waals surface area contributed by atoms with Gasteiger partial charge in [-0.3, -0.25) is 0 Å². The van der Waals surface area contributed by atoms with Crippen molar-refractivity contribution in [1.82, 2.24) is 9.97 Å². The Morgan fingerprint density at radius 2 is 2.38 bits per heavy atom. The highest BCUT2D eigenvalue weighted by atomic mass is 79.9. The lowest BCUT2D eigenvalue weighted by Gasteiger charge is -1.97. The summed E-state index contributed by atoms with van der Waals surface area (Å²) < 4.78 is 0.967. The Morgan fingerprint density at radius 1 is 1.54 bits per heavy atom. The maximum Gasteiger partial charge on any atom is 0.0932 e. The molecule has 3 nitrogen and oxygen atoms in total. The zero-order valence-electron chi connectivity index (χ0n) is 6.71. The summed E-state index contributed by atoms with van der Waals surface area (Å²) in [7, 11) is 0. The molecule has 0 fully saturated rings. The van der Waals surface area contributed by atoms with Crippen LogP contribution in [0.3, 0.4) is 0 Å². The van der Waals surface area contributed by atoms with Gasteiger partial charge in [0.2, 0.25) is 0 Å². The first-order valence-corrected chi connectivity index (χ1v) is 4.59. The van der Waals surface area contributed by atoms with E-state index in [1.807, 2.05) is 12.1 Å². The molecule has 1 aromatic heterocycles. The van der Waals surface area contributed by atoms with Gasteiger partial charge in [-0.2, -0.15) is 5.26 Å². The normalized spacial score (nSPS) is 10.2. The van der Waals surface area contributed by atoms with Gasteiger partial charge in [0.15, 0.2) is 0 Å². The van der Waals surface area contributed by atoms with Crippen molar-refractivity contribution >= 4 is 27.0 Å². The average Bonchev–Trinajstić information content (AvgIpc) is 2.52. The molecule has 4 heteroatoms. The molecule has 0 saturated heterocycles. The van der Waals surface area contributed by atoms with Crippen LogP contribution in [0.25, 0.3) is 11.0 Å². The van der Waals surface area contributed by atoms with Gasteiger partial charge >= 0.3 is 0 Å². The van der Waals surface area contributed by atoms with Crippen molar-refractivity contribution in [2.75, 3.05) is 0 Å². The Kier molecular flexibility index (Phi) is 2.03. The number of fused-ring (bicyclic) bond motifs is 1. The molecular formula is C9H6BrN3. The van der Waals surface area contributed by atoms with E-state index in [2.05, 4.69) is 32.0 Å². The Morgan fingerprint density at radius 3 is 3.15 bits per heavy atom. The zero-order valence-corrected chi connectivity index (χ0v) is 8.30. The number of hydrogen-bond donors (Lipinski definition) is 1. The van der Waals surface area contributed by atoms with E-state index in [4.69, 9.17) is 5.26 Å². The molecule has 0 aliphatic rings. The quantitative estimate of drug-likeness (QED) is 0.826. The summed E-state index contributed by atoms with van der Waals surface area (Å²) in [5, 5.41) is 8.60. The molecule has 0 radical (unpaired) electrons. The van der Waals surface area contributed by atoms with Crippen LogP contribution in [0.2, 0.25) is 0 Å². The van der Waals surface area contributed by atoms with Crippen molar-refractivity contribution in [3.63, 3.8) is 0 Å². The molecule has 2 rings (SSSR count). The summed E-state index contributed by atoms with van der Waals surface area (Å²) >= 11 is 3.38. The minimum Gasteiger partial charge on any atom is -0.345 e. The van der Waals surface area contributed by atoms with Crippen LogP contribution in [-0.4, -0.2) is 9.97 Å². The number of benzene rings is 1. The smallest absolute Gasteiger partial charge is 0.0932 e. The summed E-state index contributed by atoms with van der Waals surface area (Å²) in [6.07, 6.45) is 2.03. The Balaban J connectivity index is 2.71. The van der Waals surface area contributed by atoms with Gasteiger partial charge in [0.05, 0.1) is 29.9 Å². The first kappa shape index (κ1) is 8.27. The van der Waals surface area contributed by atoms with Gasteiger partial charge in [0.25, 0.3) is 0 Å². The second-order valence-electron chi connectivity index (χ2n) is 2.70. The number of halogens is 1. The Bertz CT molecular complexity index is 481. The van der Waals surface area contributed by atoms with Crippen LogP contribution in [0.5, 0.6) is 0 Å². The summed E-state index contributed by atoms with van der Waals surface area (Å²) in [6, 6.07) is 5.99. The fourth-order valence-electron chi connectivity index (χ4n) is 1.30. The molecule has 13 heavy (non-hydrogen) atoms. The molecule has 1 heterocycles. The predicted octanol–water partition coefficient (Wildman–Crippen LogP) is 2.39. The highest BCUT2D eigenvalue weighted by Crippen LogP contribution is 2.21. The first-order valence-electron chi connectivity index (χ1n) is 3.79. The number of aromatic amines is 1. The molecule has 0 unspecified atom stereocenters. The van der Waals surface area contributed by atoms with Crippen LogP contribution in [0.1, 0.15) is 5.56 Å². The molecule has 2 aromatic rings. The van der Waals surface area contributed by atoms with E-state index in [9.17, 15) is 0 Å². The highest BCUT2D eigenvalue weighted by molar-refractivity contribution is 9.10. The van der Waals surface area contributed by atoms with Crippen molar-refractivity contribution in [3.05, 3.63) is 28.5 Å². The predicted molar refractivity (Wildman–Crippen MR) is 53.1 cm³/mol. The second kappa shape index (κ2) is 3.19. The molecule has 0 bridgehead atoms. The largest absolute Gasteiger partial charge is 0.345 e. The topological polar surface area (TPSA) is 52.5 Å². The van der Waals surface area contributed by atoms with Gasteiger partial charge in [-0.05, 0) is 17.7 Å². The van der Waals surface area contributed by atoms with Gasteiger partial charge in [-0.25, -0.2) is 4.98 Å². The lowest BCUT2D eigenvalue weighted by Crippen LogP contribution is -1.84. The van der Waals surface area contributed by atoms with Gasteiger partial charge in [-0.1, -0.05) is 15.9 Å². The van der Waals surface area contributed by atoms with E-state index >= 15 is 0 Å². The van der Waals surface area contributed by atoms with Gasteiger partial charge in [0.1, 0.15) is 0 Å². The fraction of sp³-hybridized carbons (Fsp3) is 0.111. The van der Waals surface area contributed by atoms with Crippen LogP contribution in [0.15, 0.2) is 22.9 Å². The van der Waals surface area contributed by atoms with Gasteiger partial charge < -0.3 is 4.98 Å². The Hall–Kier alpha value is -1.34. The van der Waals surface area contributed by atoms with E-state index < -0.39 is 0 Å². The van der Waals surface area contributed by atoms with Crippen LogP contribution < -0.4 is 0 Å². The molecule has 0 spiro atoms. The van der Waals surface area contributed by atoms with Crippen LogP contribution in [0.4, 0.5) is 0 Å². The third-order valence-electron chi connectivity index (χ3n) is 1.84. The average molecular weight is 236 g/mol. The molecule has 1 aromatic carbocycles. The monoisotopic (exact) mass is 235 g/mol. The number of nitrogens with zero attached hydrogens (tertiary/aromatic N) is 2. The second-order valence-corrected chi connectivity index (χ2v) is 3.61. The van der Waals surface area contributed by atoms with Gasteiger partial charge in [0, 0.05) is 4.47 Å². The molecule has 1 N–H and O–H groups in total. The molecule has 0 amide bonds. The zero-order chi connectivity index (χ0) is 9.26. The third kappa shape index (κ3) is 1.43. The first-order chi connectivity index (χ1) is 6.31. The van der Waals surface area contributed by atoms with Crippen LogP contribution >= 0.6 is 15.9 Å². The standard InChI is InChI=1S/C9H6BrN3/c10-7-3-6(1-2-11)9-8(4-7)12-5-13-9/h3-5H,1H2,(H,12,13). The highest BCUT2D eigenvalue weighted by Gasteiger charge is 2.04. The number of nitriles is 1. The number of imidazole rings is 1. The summed E-state index contributed by atoms with van der Waals surface area (Å²) in [5.74, 6) is 0. The number of rotatable bonds is 1. The van der Waals surface area contributed by atoms with Crippen molar-refractivity contribution in [3.8, 4) is 6.07 Å². The molecule has 0 atom stereocenters. The SMILES string of the molecule is N#CCc1cc(Br)cc2[nH]cnc12. The molecule has 0 aliphatic heterocycles. The molecular weight excluding hydrogens is 230 g/mol. The molecule has 0 saturated carbocycles. The number of nitrogens with one attached hydrogen (secondary N) is 1. The van der Waals surface area contributed by atoms with Crippen molar-refractivity contribution in [2.45, 2.75) is 6.42 Å². The minimum absolute atomic E-state index is 0.390. The number of H-pyrrole nitrogens is 1. The summed E-state index contributed by atoms with van der Waals surface area (Å²) in [6.45, 7) is 0. The molecule has 64 valence electrons.